The van der Waals surface area contributed by atoms with Crippen molar-refractivity contribution in [3.63, 3.8) is 0 Å². The van der Waals surface area contributed by atoms with Gasteiger partial charge < -0.3 is 10.6 Å². The lowest BCUT2D eigenvalue weighted by molar-refractivity contribution is 0.217. The van der Waals surface area contributed by atoms with E-state index in [1.807, 2.05) is 18.2 Å². The molecule has 1 atom stereocenters. The molecule has 0 saturated carbocycles. The van der Waals surface area contributed by atoms with Crippen LogP contribution in [0.4, 0.5) is 0 Å². The first-order chi connectivity index (χ1) is 17.2. The van der Waals surface area contributed by atoms with Gasteiger partial charge in [-0.3, -0.25) is 0 Å². The second-order valence-electron chi connectivity index (χ2n) is 10.2. The van der Waals surface area contributed by atoms with Crippen LogP contribution < -0.4 is 5.73 Å². The molecule has 2 heteroatoms. The van der Waals surface area contributed by atoms with Gasteiger partial charge in [0.25, 0.3) is 0 Å². The molecule has 184 valence electrons. The summed E-state index contributed by atoms with van der Waals surface area (Å²) in [6.45, 7) is 16.3. The molecule has 0 bridgehead atoms. The molecule has 0 aliphatic carbocycles. The summed E-state index contributed by atoms with van der Waals surface area (Å²) in [7, 11) is 0. The summed E-state index contributed by atoms with van der Waals surface area (Å²) in [5.74, 6) is 0. The maximum atomic E-state index is 6.87. The molecule has 36 heavy (non-hydrogen) atoms. The Morgan fingerprint density at radius 2 is 1.58 bits per heavy atom. The first-order valence-electron chi connectivity index (χ1n) is 12.7. The Balaban J connectivity index is 1.72. The molecule has 2 N–H and O–H groups in total. The highest BCUT2D eigenvalue weighted by Crippen LogP contribution is 2.40. The molecule has 1 aliphatic heterocycles. The van der Waals surface area contributed by atoms with Gasteiger partial charge in [-0.05, 0) is 79.7 Å². The van der Waals surface area contributed by atoms with Crippen molar-refractivity contribution in [2.24, 2.45) is 5.73 Å². The van der Waals surface area contributed by atoms with Gasteiger partial charge in [-0.15, -0.1) is 0 Å². The van der Waals surface area contributed by atoms with Crippen molar-refractivity contribution < 1.29 is 0 Å². The van der Waals surface area contributed by atoms with Gasteiger partial charge in [0.1, 0.15) is 0 Å². The van der Waals surface area contributed by atoms with E-state index in [9.17, 15) is 0 Å². The van der Waals surface area contributed by atoms with E-state index in [0.717, 1.165) is 28.8 Å². The number of aryl methyl sites for hydroxylation is 2. The minimum atomic E-state index is -0.280. The van der Waals surface area contributed by atoms with Crippen LogP contribution in [0.3, 0.4) is 0 Å². The van der Waals surface area contributed by atoms with E-state index in [4.69, 9.17) is 5.73 Å². The molecule has 1 aliphatic rings. The second-order valence-corrected chi connectivity index (χ2v) is 10.2. The lowest BCUT2D eigenvalue weighted by Gasteiger charge is -2.44. The molecule has 2 nitrogen and oxygen atoms in total. The highest BCUT2D eigenvalue weighted by Gasteiger charge is 2.34. The third kappa shape index (κ3) is 5.01. The van der Waals surface area contributed by atoms with Crippen molar-refractivity contribution in [1.29, 1.82) is 0 Å². The molecular formula is C34H38N2. The maximum Gasteiger partial charge on any atom is 0.0604 e. The zero-order chi connectivity index (χ0) is 25.9. The average Bonchev–Trinajstić information content (AvgIpc) is 2.89. The summed E-state index contributed by atoms with van der Waals surface area (Å²) in [4.78, 5) is 2.51. The minimum Gasteiger partial charge on any atom is -0.358 e. The van der Waals surface area contributed by atoms with Crippen LogP contribution in [0.25, 0.3) is 11.3 Å². The van der Waals surface area contributed by atoms with E-state index < -0.39 is 0 Å². The molecule has 0 amide bonds. The minimum absolute atomic E-state index is 0.242. The smallest absolute Gasteiger partial charge is 0.0604 e. The number of rotatable bonds is 7. The molecule has 1 heterocycles. The molecule has 0 fully saturated rings. The summed E-state index contributed by atoms with van der Waals surface area (Å²) in [5, 5.41) is 0. The van der Waals surface area contributed by atoms with Crippen LogP contribution in [0.5, 0.6) is 0 Å². The van der Waals surface area contributed by atoms with E-state index in [1.165, 1.54) is 28.0 Å². The fourth-order valence-corrected chi connectivity index (χ4v) is 5.30. The Morgan fingerprint density at radius 1 is 0.944 bits per heavy atom. The highest BCUT2D eigenvalue weighted by atomic mass is 15.2. The van der Waals surface area contributed by atoms with Gasteiger partial charge in [0, 0.05) is 23.8 Å². The summed E-state index contributed by atoms with van der Waals surface area (Å²) in [5.41, 5.74) is 17.3. The maximum absolute atomic E-state index is 6.87. The Kier molecular flexibility index (Phi) is 7.47. The predicted octanol–water partition coefficient (Wildman–Crippen LogP) is 8.11. The van der Waals surface area contributed by atoms with Crippen LogP contribution in [0.2, 0.25) is 0 Å². The van der Waals surface area contributed by atoms with Crippen LogP contribution in [0.15, 0.2) is 109 Å². The summed E-state index contributed by atoms with van der Waals surface area (Å²) >= 11 is 0. The van der Waals surface area contributed by atoms with E-state index >= 15 is 0 Å². The first kappa shape index (κ1) is 25.5. The standard InChI is InChI=1S/C34H38N2/c1-24-15-14-16-25(2)33(24)32-21-12-13-22-36(32)34(5,6)30-20-11-10-19-29(30)31(35)23-26(3)27(4)28-17-8-7-9-18-28/h7-21,23,31H,4,22,35H2,1-3,5-6H3/b26-23-. The first-order valence-corrected chi connectivity index (χ1v) is 12.7. The summed E-state index contributed by atoms with van der Waals surface area (Å²) in [6.07, 6.45) is 8.79. The molecule has 4 rings (SSSR count). The number of hydrogen-bond acceptors (Lipinski definition) is 2. The molecule has 0 spiro atoms. The third-order valence-electron chi connectivity index (χ3n) is 7.39. The van der Waals surface area contributed by atoms with E-state index in [0.29, 0.717) is 0 Å². The Labute approximate surface area is 217 Å². The zero-order valence-corrected chi connectivity index (χ0v) is 22.3. The number of nitrogens with two attached hydrogens (primary N) is 1. The topological polar surface area (TPSA) is 29.3 Å². The monoisotopic (exact) mass is 474 g/mol. The Morgan fingerprint density at radius 3 is 2.28 bits per heavy atom. The van der Waals surface area contributed by atoms with Crippen LogP contribution in [-0.4, -0.2) is 11.4 Å². The van der Waals surface area contributed by atoms with E-state index in [2.05, 4.69) is 125 Å². The second kappa shape index (κ2) is 10.6. The SMILES string of the molecule is C=C(/C(C)=C\C(N)c1ccccc1C(C)(C)N1CC=CC=C1c1c(C)cccc1C)c1ccccc1. The number of benzene rings is 3. The quantitative estimate of drug-likeness (QED) is 0.350. The van der Waals surface area contributed by atoms with Crippen molar-refractivity contribution >= 4 is 11.3 Å². The van der Waals surface area contributed by atoms with Gasteiger partial charge >= 0.3 is 0 Å². The van der Waals surface area contributed by atoms with Crippen molar-refractivity contribution in [3.8, 4) is 0 Å². The lowest BCUT2D eigenvalue weighted by Crippen LogP contribution is -2.42. The van der Waals surface area contributed by atoms with Gasteiger partial charge in [0.05, 0.1) is 5.54 Å². The van der Waals surface area contributed by atoms with Crippen molar-refractivity contribution in [3.05, 3.63) is 143 Å². The highest BCUT2D eigenvalue weighted by molar-refractivity contribution is 5.77. The van der Waals surface area contributed by atoms with Crippen LogP contribution in [0, 0.1) is 13.8 Å². The molecule has 0 saturated heterocycles. The van der Waals surface area contributed by atoms with Gasteiger partial charge in [-0.1, -0.05) is 97.6 Å². The van der Waals surface area contributed by atoms with Crippen LogP contribution in [-0.2, 0) is 5.54 Å². The zero-order valence-electron chi connectivity index (χ0n) is 22.3. The van der Waals surface area contributed by atoms with Crippen LogP contribution >= 0.6 is 0 Å². The van der Waals surface area contributed by atoms with Gasteiger partial charge in [0.2, 0.25) is 0 Å². The normalized spacial score (nSPS) is 15.0. The molecule has 0 radical (unpaired) electrons. The molecule has 3 aromatic carbocycles. The van der Waals surface area contributed by atoms with E-state index in [-0.39, 0.29) is 11.6 Å². The fraction of sp³-hybridized carbons (Fsp3) is 0.235. The molecule has 3 aromatic rings. The van der Waals surface area contributed by atoms with Gasteiger partial charge in [-0.25, -0.2) is 0 Å². The van der Waals surface area contributed by atoms with Crippen molar-refractivity contribution in [2.75, 3.05) is 6.54 Å². The predicted molar refractivity (Wildman–Crippen MR) is 155 cm³/mol. The summed E-state index contributed by atoms with van der Waals surface area (Å²) in [6, 6.07) is 25.2. The largest absolute Gasteiger partial charge is 0.358 e. The van der Waals surface area contributed by atoms with Gasteiger partial charge in [0.15, 0.2) is 0 Å². The van der Waals surface area contributed by atoms with Crippen LogP contribution in [0.1, 0.15) is 60.2 Å². The Hall–Kier alpha value is -3.62. The van der Waals surface area contributed by atoms with Crippen molar-refractivity contribution in [2.45, 2.75) is 46.2 Å². The molecule has 1 unspecified atom stereocenters. The summed E-state index contributed by atoms with van der Waals surface area (Å²) < 4.78 is 0. The third-order valence-corrected chi connectivity index (χ3v) is 7.39. The number of nitrogens with zero attached hydrogens (tertiary/aromatic N) is 1. The van der Waals surface area contributed by atoms with Gasteiger partial charge in [-0.2, -0.15) is 0 Å². The average molecular weight is 475 g/mol. The number of hydrogen-bond donors (Lipinski definition) is 1. The molecular weight excluding hydrogens is 436 g/mol. The van der Waals surface area contributed by atoms with Crippen molar-refractivity contribution in [1.82, 2.24) is 4.90 Å². The van der Waals surface area contributed by atoms with E-state index in [1.54, 1.807) is 0 Å². The Bertz CT molecular complexity index is 1320. The fourth-order valence-electron chi connectivity index (χ4n) is 5.30. The number of allylic oxidation sites excluding steroid dienone is 4. The molecule has 0 aromatic heterocycles. The lowest BCUT2D eigenvalue weighted by atomic mass is 9.83.